The van der Waals surface area contributed by atoms with Crippen LogP contribution in [-0.2, 0) is 22.6 Å². The SMILES string of the molecule is Cc1[nH]n(CCCC(=O)O)c(=O)c1N=Nc1cccc(CC2C(=O)N(C)c3ccccc32)c1O. The van der Waals surface area contributed by atoms with Gasteiger partial charge in [0.1, 0.15) is 11.4 Å². The number of aliphatic carboxylic acids is 1. The van der Waals surface area contributed by atoms with Crippen molar-refractivity contribution < 1.29 is 19.8 Å². The minimum absolute atomic E-state index is 0.0426. The van der Waals surface area contributed by atoms with Crippen LogP contribution in [0.3, 0.4) is 0 Å². The van der Waals surface area contributed by atoms with Crippen LogP contribution in [0.15, 0.2) is 57.5 Å². The number of phenolic OH excluding ortho intramolecular Hbond substituents is 1. The van der Waals surface area contributed by atoms with Gasteiger partial charge in [0.25, 0.3) is 5.56 Å². The van der Waals surface area contributed by atoms with Gasteiger partial charge in [-0.25, -0.2) is 0 Å². The third-order valence-electron chi connectivity index (χ3n) is 5.96. The summed E-state index contributed by atoms with van der Waals surface area (Å²) >= 11 is 0. The lowest BCUT2D eigenvalue weighted by atomic mass is 9.92. The second-order valence-corrected chi connectivity index (χ2v) is 8.24. The maximum atomic E-state index is 12.8. The Morgan fingerprint density at radius 3 is 2.65 bits per heavy atom. The Hall–Kier alpha value is -4.21. The van der Waals surface area contributed by atoms with Crippen molar-refractivity contribution in [1.29, 1.82) is 0 Å². The van der Waals surface area contributed by atoms with E-state index >= 15 is 0 Å². The highest BCUT2D eigenvalue weighted by atomic mass is 16.4. The summed E-state index contributed by atoms with van der Waals surface area (Å²) < 4.78 is 1.29. The van der Waals surface area contributed by atoms with Crippen molar-refractivity contribution in [3.63, 3.8) is 0 Å². The maximum Gasteiger partial charge on any atom is 0.303 e. The molecule has 0 fully saturated rings. The Bertz CT molecular complexity index is 1340. The number of aromatic amines is 1. The van der Waals surface area contributed by atoms with E-state index in [1.807, 2.05) is 24.3 Å². The maximum absolute atomic E-state index is 12.8. The molecule has 1 amide bonds. The molecule has 1 aromatic heterocycles. The summed E-state index contributed by atoms with van der Waals surface area (Å²) in [6.07, 6.45) is 0.549. The fourth-order valence-corrected chi connectivity index (χ4v) is 4.18. The van der Waals surface area contributed by atoms with Crippen LogP contribution in [0.2, 0.25) is 0 Å². The van der Waals surface area contributed by atoms with Crippen LogP contribution in [0.1, 0.15) is 35.6 Å². The molecule has 0 saturated carbocycles. The van der Waals surface area contributed by atoms with Crippen LogP contribution in [0.4, 0.5) is 17.1 Å². The van der Waals surface area contributed by atoms with E-state index in [2.05, 4.69) is 15.3 Å². The number of azo groups is 1. The van der Waals surface area contributed by atoms with Crippen LogP contribution in [-0.4, -0.2) is 38.9 Å². The zero-order chi connectivity index (χ0) is 24.4. The van der Waals surface area contributed by atoms with Crippen molar-refractivity contribution in [1.82, 2.24) is 9.78 Å². The number of aromatic nitrogens is 2. The van der Waals surface area contributed by atoms with Gasteiger partial charge in [-0.1, -0.05) is 30.3 Å². The number of hydrogen-bond donors (Lipinski definition) is 3. The summed E-state index contributed by atoms with van der Waals surface area (Å²) in [7, 11) is 1.74. The number of amides is 1. The highest BCUT2D eigenvalue weighted by molar-refractivity contribution is 6.04. The number of benzene rings is 2. The Morgan fingerprint density at radius 2 is 1.88 bits per heavy atom. The van der Waals surface area contributed by atoms with Gasteiger partial charge in [0, 0.05) is 25.7 Å². The fraction of sp³-hybridized carbons (Fsp3) is 0.292. The second-order valence-electron chi connectivity index (χ2n) is 8.24. The number of aromatic hydroxyl groups is 1. The molecule has 0 saturated heterocycles. The van der Waals surface area contributed by atoms with Gasteiger partial charge in [-0.15, -0.1) is 10.2 Å². The van der Waals surface area contributed by atoms with E-state index in [4.69, 9.17) is 5.11 Å². The highest BCUT2D eigenvalue weighted by Gasteiger charge is 2.35. The van der Waals surface area contributed by atoms with E-state index < -0.39 is 17.4 Å². The van der Waals surface area contributed by atoms with E-state index in [1.54, 1.807) is 37.1 Å². The fourth-order valence-electron chi connectivity index (χ4n) is 4.18. The quantitative estimate of drug-likeness (QED) is 0.436. The number of rotatable bonds is 8. The zero-order valence-electron chi connectivity index (χ0n) is 18.9. The lowest BCUT2D eigenvalue weighted by molar-refractivity contribution is -0.137. The Labute approximate surface area is 195 Å². The van der Waals surface area contributed by atoms with Crippen molar-refractivity contribution in [2.45, 2.75) is 38.6 Å². The predicted molar refractivity (Wildman–Crippen MR) is 125 cm³/mol. The number of hydrogen-bond acceptors (Lipinski definition) is 6. The van der Waals surface area contributed by atoms with E-state index in [9.17, 15) is 19.5 Å². The monoisotopic (exact) mass is 463 g/mol. The van der Waals surface area contributed by atoms with Gasteiger partial charge in [0.05, 0.1) is 11.6 Å². The van der Waals surface area contributed by atoms with Crippen molar-refractivity contribution in [3.8, 4) is 5.75 Å². The first-order valence-corrected chi connectivity index (χ1v) is 10.9. The minimum atomic E-state index is -0.930. The minimum Gasteiger partial charge on any atom is -0.505 e. The molecule has 1 aliphatic heterocycles. The molecule has 0 radical (unpaired) electrons. The number of carbonyl (C=O) groups is 2. The number of carboxylic acids is 1. The highest BCUT2D eigenvalue weighted by Crippen LogP contribution is 2.41. The van der Waals surface area contributed by atoms with Gasteiger partial charge in [0.15, 0.2) is 5.69 Å². The van der Waals surface area contributed by atoms with Crippen molar-refractivity contribution in [2.24, 2.45) is 10.2 Å². The number of nitrogens with one attached hydrogen (secondary N) is 1. The molecule has 10 nitrogen and oxygen atoms in total. The molecule has 2 heterocycles. The molecule has 0 aliphatic carbocycles. The number of nitrogens with zero attached hydrogens (tertiary/aromatic N) is 4. The Balaban J connectivity index is 1.56. The summed E-state index contributed by atoms with van der Waals surface area (Å²) in [6.45, 7) is 1.88. The molecule has 4 rings (SSSR count). The summed E-state index contributed by atoms with van der Waals surface area (Å²) in [6, 6.07) is 12.6. The molecular formula is C24H25N5O5. The molecule has 1 unspecified atom stereocenters. The molecular weight excluding hydrogens is 438 g/mol. The van der Waals surface area contributed by atoms with E-state index in [-0.39, 0.29) is 36.0 Å². The second kappa shape index (κ2) is 9.34. The number of fused-ring (bicyclic) bond motifs is 1. The Morgan fingerprint density at radius 1 is 1.12 bits per heavy atom. The lowest BCUT2D eigenvalue weighted by Gasteiger charge is -2.12. The lowest BCUT2D eigenvalue weighted by Crippen LogP contribution is -2.24. The van der Waals surface area contributed by atoms with Crippen LogP contribution in [0.5, 0.6) is 5.75 Å². The van der Waals surface area contributed by atoms with Crippen molar-refractivity contribution >= 4 is 28.9 Å². The number of likely N-dealkylation sites (N-methyl/N-ethyl adjacent to an activating group) is 1. The molecule has 3 N–H and O–H groups in total. The summed E-state index contributed by atoms with van der Waals surface area (Å²) in [4.78, 5) is 37.7. The third-order valence-corrected chi connectivity index (χ3v) is 5.96. The van der Waals surface area contributed by atoms with Crippen molar-refractivity contribution in [2.75, 3.05) is 11.9 Å². The number of aryl methyl sites for hydroxylation is 2. The third kappa shape index (κ3) is 4.34. The molecule has 0 bridgehead atoms. The van der Waals surface area contributed by atoms with E-state index in [0.29, 0.717) is 24.1 Å². The first-order chi connectivity index (χ1) is 16.3. The zero-order valence-corrected chi connectivity index (χ0v) is 18.9. The van der Waals surface area contributed by atoms with Crippen molar-refractivity contribution in [3.05, 3.63) is 69.6 Å². The molecule has 10 heteroatoms. The standard InChI is InChI=1S/C24H25N5O5/c1-14-21(24(34)29(27-14)12-6-11-20(30)31)26-25-18-9-5-7-15(22(18)32)13-17-16-8-3-4-10-19(16)28(2)23(17)33/h3-5,7-10,17,27,32H,6,11-13H2,1-2H3,(H,30,31). The predicted octanol–water partition coefficient (Wildman–Crippen LogP) is 3.77. The smallest absolute Gasteiger partial charge is 0.303 e. The average molecular weight is 463 g/mol. The van der Waals surface area contributed by atoms with E-state index in [0.717, 1.165) is 11.3 Å². The number of para-hydroxylation sites is 2. The van der Waals surface area contributed by atoms with Gasteiger partial charge in [-0.05, 0) is 43.0 Å². The largest absolute Gasteiger partial charge is 0.505 e. The normalized spacial score (nSPS) is 15.3. The first-order valence-electron chi connectivity index (χ1n) is 10.9. The van der Waals surface area contributed by atoms with Gasteiger partial charge in [-0.2, -0.15) is 0 Å². The summed E-state index contributed by atoms with van der Waals surface area (Å²) in [5.41, 5.74) is 2.65. The number of H-pyrrole nitrogens is 1. The van der Waals surface area contributed by atoms with Gasteiger partial charge in [0.2, 0.25) is 5.91 Å². The molecule has 2 aromatic carbocycles. The molecule has 1 aliphatic rings. The molecule has 1 atom stereocenters. The van der Waals surface area contributed by atoms with E-state index in [1.165, 1.54) is 4.68 Å². The first kappa shape index (κ1) is 23.0. The average Bonchev–Trinajstić information content (AvgIpc) is 3.21. The number of carbonyl (C=O) groups excluding carboxylic acids is 1. The Kier molecular flexibility index (Phi) is 6.31. The van der Waals surface area contributed by atoms with Gasteiger partial charge < -0.3 is 15.1 Å². The number of phenols is 1. The summed E-state index contributed by atoms with van der Waals surface area (Å²) in [5.74, 6) is -1.48. The van der Waals surface area contributed by atoms with Crippen LogP contribution in [0.25, 0.3) is 0 Å². The summed E-state index contributed by atoms with van der Waals surface area (Å²) in [5, 5.41) is 30.6. The molecule has 176 valence electrons. The molecule has 3 aromatic rings. The molecule has 34 heavy (non-hydrogen) atoms. The van der Waals surface area contributed by atoms with Gasteiger partial charge >= 0.3 is 5.97 Å². The number of carboxylic acid groups (broad SMARTS) is 1. The van der Waals surface area contributed by atoms with Crippen LogP contribution < -0.4 is 10.5 Å². The number of anilines is 1. The molecule has 0 spiro atoms. The van der Waals surface area contributed by atoms with Crippen LogP contribution in [0, 0.1) is 6.92 Å². The topological polar surface area (TPSA) is 140 Å². The van der Waals surface area contributed by atoms with Crippen LogP contribution >= 0.6 is 0 Å². The van der Waals surface area contributed by atoms with Gasteiger partial charge in [-0.3, -0.25) is 24.2 Å².